The lowest BCUT2D eigenvalue weighted by Crippen LogP contribution is -2.36. The summed E-state index contributed by atoms with van der Waals surface area (Å²) in [5, 5.41) is 3.39. The highest BCUT2D eigenvalue weighted by Gasteiger charge is 2.26. The van der Waals surface area contributed by atoms with E-state index in [0.717, 1.165) is 32.1 Å². The summed E-state index contributed by atoms with van der Waals surface area (Å²) in [6.45, 7) is 14.6. The Morgan fingerprint density at radius 1 is 1.11 bits per heavy atom. The highest BCUT2D eigenvalue weighted by molar-refractivity contribution is 4.78. The first-order valence-corrected chi connectivity index (χ1v) is 8.31. The van der Waals surface area contributed by atoms with Gasteiger partial charge in [-0.3, -0.25) is 0 Å². The Labute approximate surface area is 120 Å². The van der Waals surface area contributed by atoms with Crippen molar-refractivity contribution in [3.63, 3.8) is 0 Å². The molecule has 0 spiro atoms. The van der Waals surface area contributed by atoms with E-state index in [1.165, 1.54) is 32.2 Å². The maximum atomic E-state index is 6.14. The van der Waals surface area contributed by atoms with Gasteiger partial charge >= 0.3 is 0 Å². The Hall–Kier alpha value is -0.120. The summed E-state index contributed by atoms with van der Waals surface area (Å²) < 4.78 is 6.14. The molecule has 0 aliphatic carbocycles. The van der Waals surface area contributed by atoms with Crippen molar-refractivity contribution in [3.05, 3.63) is 0 Å². The number of nitrogens with zero attached hydrogens (tertiary/aromatic N) is 1. The SMILES string of the molecule is CCNCC1CCC(CN(CC)CC(CC)CC)O1. The molecule has 1 saturated heterocycles. The van der Waals surface area contributed by atoms with Gasteiger partial charge in [0.15, 0.2) is 0 Å². The number of likely N-dealkylation sites (N-methyl/N-ethyl adjacent to an activating group) is 2. The highest BCUT2D eigenvalue weighted by Crippen LogP contribution is 2.21. The summed E-state index contributed by atoms with van der Waals surface area (Å²) in [4.78, 5) is 2.58. The third kappa shape index (κ3) is 6.24. The van der Waals surface area contributed by atoms with Crippen LogP contribution >= 0.6 is 0 Å². The minimum Gasteiger partial charge on any atom is -0.372 e. The molecule has 2 unspecified atom stereocenters. The summed E-state index contributed by atoms with van der Waals surface area (Å²) >= 11 is 0. The lowest BCUT2D eigenvalue weighted by Gasteiger charge is -2.27. The molecular weight excluding hydrogens is 236 g/mol. The number of nitrogens with one attached hydrogen (secondary N) is 1. The molecule has 1 N–H and O–H groups in total. The second kappa shape index (κ2) is 9.73. The van der Waals surface area contributed by atoms with E-state index < -0.39 is 0 Å². The van der Waals surface area contributed by atoms with E-state index in [9.17, 15) is 0 Å². The maximum absolute atomic E-state index is 6.14. The predicted molar refractivity (Wildman–Crippen MR) is 82.6 cm³/mol. The Balaban J connectivity index is 2.28. The van der Waals surface area contributed by atoms with Crippen LogP contribution in [0.2, 0.25) is 0 Å². The van der Waals surface area contributed by atoms with Crippen LogP contribution < -0.4 is 5.32 Å². The minimum atomic E-state index is 0.441. The molecule has 1 rings (SSSR count). The largest absolute Gasteiger partial charge is 0.372 e. The molecule has 3 heteroatoms. The van der Waals surface area contributed by atoms with Crippen molar-refractivity contribution in [1.82, 2.24) is 10.2 Å². The van der Waals surface area contributed by atoms with Crippen LogP contribution in [0.15, 0.2) is 0 Å². The maximum Gasteiger partial charge on any atom is 0.0707 e. The standard InChI is InChI=1S/C16H34N2O/c1-5-14(6-2)12-18(8-4)13-16-10-9-15(19-16)11-17-7-3/h14-17H,5-13H2,1-4H3. The van der Waals surface area contributed by atoms with E-state index in [0.29, 0.717) is 12.2 Å². The fraction of sp³-hybridized carbons (Fsp3) is 1.00. The van der Waals surface area contributed by atoms with E-state index in [2.05, 4.69) is 37.9 Å². The number of hydrogen-bond acceptors (Lipinski definition) is 3. The monoisotopic (exact) mass is 270 g/mol. The van der Waals surface area contributed by atoms with Crippen LogP contribution in [-0.2, 0) is 4.74 Å². The van der Waals surface area contributed by atoms with Crippen molar-refractivity contribution in [2.75, 3.05) is 32.7 Å². The zero-order valence-electron chi connectivity index (χ0n) is 13.5. The van der Waals surface area contributed by atoms with Gasteiger partial charge in [-0.25, -0.2) is 0 Å². The Morgan fingerprint density at radius 2 is 1.79 bits per heavy atom. The average molecular weight is 270 g/mol. The first-order chi connectivity index (χ1) is 9.23. The molecule has 1 aliphatic rings. The molecule has 0 aromatic rings. The molecule has 0 radical (unpaired) electrons. The molecular formula is C16H34N2O. The zero-order valence-corrected chi connectivity index (χ0v) is 13.5. The molecule has 1 heterocycles. The fourth-order valence-electron chi connectivity index (χ4n) is 2.90. The lowest BCUT2D eigenvalue weighted by atomic mass is 10.0. The van der Waals surface area contributed by atoms with Crippen LogP contribution in [0.5, 0.6) is 0 Å². The Bertz CT molecular complexity index is 219. The molecule has 2 atom stereocenters. The van der Waals surface area contributed by atoms with Gasteiger partial charge in [0, 0.05) is 19.6 Å². The smallest absolute Gasteiger partial charge is 0.0707 e. The number of ether oxygens (including phenoxy) is 1. The topological polar surface area (TPSA) is 24.5 Å². The van der Waals surface area contributed by atoms with Gasteiger partial charge in [0.25, 0.3) is 0 Å². The van der Waals surface area contributed by atoms with Gasteiger partial charge in [0.2, 0.25) is 0 Å². The molecule has 0 saturated carbocycles. The lowest BCUT2D eigenvalue weighted by molar-refractivity contribution is 0.0215. The summed E-state index contributed by atoms with van der Waals surface area (Å²) in [7, 11) is 0. The van der Waals surface area contributed by atoms with Gasteiger partial charge in [-0.05, 0) is 31.8 Å². The van der Waals surface area contributed by atoms with Crippen LogP contribution in [0.3, 0.4) is 0 Å². The predicted octanol–water partition coefficient (Wildman–Crippen LogP) is 2.90. The van der Waals surface area contributed by atoms with Gasteiger partial charge in [0.1, 0.15) is 0 Å². The molecule has 0 amide bonds. The quantitative estimate of drug-likeness (QED) is 0.660. The molecule has 3 nitrogen and oxygen atoms in total. The fourth-order valence-corrected chi connectivity index (χ4v) is 2.90. The molecule has 114 valence electrons. The number of hydrogen-bond donors (Lipinski definition) is 1. The van der Waals surface area contributed by atoms with Crippen LogP contribution in [0, 0.1) is 5.92 Å². The highest BCUT2D eigenvalue weighted by atomic mass is 16.5. The molecule has 0 bridgehead atoms. The Morgan fingerprint density at radius 3 is 2.37 bits per heavy atom. The number of rotatable bonds is 10. The van der Waals surface area contributed by atoms with E-state index in [-0.39, 0.29) is 0 Å². The third-order valence-corrected chi connectivity index (χ3v) is 4.40. The third-order valence-electron chi connectivity index (χ3n) is 4.40. The van der Waals surface area contributed by atoms with Gasteiger partial charge in [-0.15, -0.1) is 0 Å². The first kappa shape index (κ1) is 16.9. The van der Waals surface area contributed by atoms with E-state index in [1.807, 2.05) is 0 Å². The van der Waals surface area contributed by atoms with Crippen LogP contribution in [0.25, 0.3) is 0 Å². The summed E-state index contributed by atoms with van der Waals surface area (Å²) in [6, 6.07) is 0. The van der Waals surface area contributed by atoms with Crippen molar-refractivity contribution in [3.8, 4) is 0 Å². The minimum absolute atomic E-state index is 0.441. The van der Waals surface area contributed by atoms with Crippen molar-refractivity contribution in [2.24, 2.45) is 5.92 Å². The van der Waals surface area contributed by atoms with Gasteiger partial charge in [0.05, 0.1) is 12.2 Å². The Kier molecular flexibility index (Phi) is 8.67. The van der Waals surface area contributed by atoms with Gasteiger partial charge in [-0.1, -0.05) is 40.5 Å². The van der Waals surface area contributed by atoms with Crippen molar-refractivity contribution in [1.29, 1.82) is 0 Å². The van der Waals surface area contributed by atoms with Crippen LogP contribution in [0.4, 0.5) is 0 Å². The van der Waals surface area contributed by atoms with Crippen molar-refractivity contribution < 1.29 is 4.74 Å². The van der Waals surface area contributed by atoms with Crippen LogP contribution in [0.1, 0.15) is 53.4 Å². The van der Waals surface area contributed by atoms with E-state index in [4.69, 9.17) is 4.74 Å². The summed E-state index contributed by atoms with van der Waals surface area (Å²) in [5.74, 6) is 0.846. The summed E-state index contributed by atoms with van der Waals surface area (Å²) in [6.07, 6.45) is 5.94. The second-order valence-electron chi connectivity index (χ2n) is 5.80. The van der Waals surface area contributed by atoms with Crippen molar-refractivity contribution >= 4 is 0 Å². The molecule has 0 aromatic heterocycles. The molecule has 19 heavy (non-hydrogen) atoms. The van der Waals surface area contributed by atoms with Crippen LogP contribution in [-0.4, -0.2) is 49.8 Å². The normalized spacial score (nSPS) is 23.7. The van der Waals surface area contributed by atoms with E-state index >= 15 is 0 Å². The molecule has 0 aromatic carbocycles. The first-order valence-electron chi connectivity index (χ1n) is 8.31. The second-order valence-corrected chi connectivity index (χ2v) is 5.80. The molecule has 1 aliphatic heterocycles. The van der Waals surface area contributed by atoms with Gasteiger partial charge in [-0.2, -0.15) is 0 Å². The summed E-state index contributed by atoms with van der Waals surface area (Å²) in [5.41, 5.74) is 0. The van der Waals surface area contributed by atoms with Crippen molar-refractivity contribution in [2.45, 2.75) is 65.6 Å². The van der Waals surface area contributed by atoms with Gasteiger partial charge < -0.3 is 15.0 Å². The zero-order chi connectivity index (χ0) is 14.1. The average Bonchev–Trinajstić information content (AvgIpc) is 2.88. The molecule has 1 fully saturated rings. The van der Waals surface area contributed by atoms with E-state index in [1.54, 1.807) is 0 Å².